The maximum absolute atomic E-state index is 12.7. The fourth-order valence-corrected chi connectivity index (χ4v) is 2.35. The molecule has 0 aliphatic rings. The average Bonchev–Trinajstić information content (AvgIpc) is 2.65. The molecular weight excluding hydrogens is 338 g/mol. The van der Waals surface area contributed by atoms with Gasteiger partial charge in [0, 0.05) is 44.0 Å². The average molecular weight is 362 g/mol. The van der Waals surface area contributed by atoms with Gasteiger partial charge in [-0.25, -0.2) is 0 Å². The van der Waals surface area contributed by atoms with Crippen molar-refractivity contribution in [2.24, 2.45) is 0 Å². The van der Waals surface area contributed by atoms with Crippen molar-refractivity contribution in [3.63, 3.8) is 0 Å². The summed E-state index contributed by atoms with van der Waals surface area (Å²) in [6, 6.07) is 16.3. The summed E-state index contributed by atoms with van der Waals surface area (Å²) in [5.41, 5.74) is 1.82. The van der Waals surface area contributed by atoms with Crippen LogP contribution in [0, 0.1) is 0 Å². The molecule has 1 N–H and O–H groups in total. The number of nitrogens with zero attached hydrogens (tertiary/aromatic N) is 2. The summed E-state index contributed by atoms with van der Waals surface area (Å²) in [6.07, 6.45) is 0. The van der Waals surface area contributed by atoms with Crippen LogP contribution in [0.2, 0.25) is 0 Å². The van der Waals surface area contributed by atoms with Crippen molar-refractivity contribution < 1.29 is 9.59 Å². The molecule has 0 aliphatic carbocycles. The van der Waals surface area contributed by atoms with Crippen LogP contribution in [0.4, 0.5) is 5.69 Å². The summed E-state index contributed by atoms with van der Waals surface area (Å²) < 4.78 is 0. The van der Waals surface area contributed by atoms with Crippen LogP contribution in [-0.4, -0.2) is 50.9 Å². The first kappa shape index (κ1) is 20.7. The van der Waals surface area contributed by atoms with Gasteiger partial charge in [-0.2, -0.15) is 0 Å². The van der Waals surface area contributed by atoms with Crippen LogP contribution in [0.1, 0.15) is 20.7 Å². The zero-order valence-corrected chi connectivity index (χ0v) is 15.5. The van der Waals surface area contributed by atoms with Gasteiger partial charge in [-0.15, -0.1) is 12.4 Å². The Labute approximate surface area is 155 Å². The van der Waals surface area contributed by atoms with Gasteiger partial charge in [0.15, 0.2) is 0 Å². The molecule has 0 aromatic heterocycles. The minimum atomic E-state index is -0.145. The van der Waals surface area contributed by atoms with E-state index in [2.05, 4.69) is 5.32 Å². The van der Waals surface area contributed by atoms with Crippen molar-refractivity contribution in [1.29, 1.82) is 0 Å². The molecule has 0 fully saturated rings. The second kappa shape index (κ2) is 9.81. The summed E-state index contributed by atoms with van der Waals surface area (Å²) in [4.78, 5) is 28.3. The molecule has 2 rings (SSSR count). The Morgan fingerprint density at radius 2 is 1.52 bits per heavy atom. The standard InChI is InChI=1S/C19H23N3O2.ClH/c1-20-12-13-21(2)18(23)15-8-7-9-16(14-15)19(24)22(3)17-10-5-4-6-11-17;/h4-11,14,20H,12-13H2,1-3H3;1H. The predicted octanol–water partition coefficient (Wildman–Crippen LogP) is 2.68. The van der Waals surface area contributed by atoms with Crippen LogP contribution >= 0.6 is 12.4 Å². The minimum absolute atomic E-state index is 0. The maximum Gasteiger partial charge on any atom is 0.258 e. The number of likely N-dealkylation sites (N-methyl/N-ethyl adjacent to an activating group) is 2. The molecule has 0 spiro atoms. The highest BCUT2D eigenvalue weighted by Crippen LogP contribution is 2.16. The second-order valence-corrected chi connectivity index (χ2v) is 5.61. The lowest BCUT2D eigenvalue weighted by Crippen LogP contribution is -2.33. The number of hydrogen-bond acceptors (Lipinski definition) is 3. The summed E-state index contributed by atoms with van der Waals surface area (Å²) in [6.45, 7) is 1.33. The lowest BCUT2D eigenvalue weighted by atomic mass is 10.1. The highest BCUT2D eigenvalue weighted by Gasteiger charge is 2.17. The van der Waals surface area contributed by atoms with E-state index in [4.69, 9.17) is 0 Å². The zero-order valence-electron chi connectivity index (χ0n) is 14.7. The Morgan fingerprint density at radius 1 is 0.920 bits per heavy atom. The quantitative estimate of drug-likeness (QED) is 0.860. The number of carbonyl (C=O) groups is 2. The molecule has 2 amide bonds. The van der Waals surface area contributed by atoms with E-state index in [-0.39, 0.29) is 24.2 Å². The van der Waals surface area contributed by atoms with Crippen molar-refractivity contribution in [3.8, 4) is 0 Å². The topological polar surface area (TPSA) is 52.7 Å². The van der Waals surface area contributed by atoms with Crippen LogP contribution < -0.4 is 10.2 Å². The van der Waals surface area contributed by atoms with Crippen molar-refractivity contribution in [2.45, 2.75) is 0 Å². The number of carbonyl (C=O) groups excluding carboxylic acids is 2. The SMILES string of the molecule is CNCCN(C)C(=O)c1cccc(C(=O)N(C)c2ccccc2)c1.Cl. The first-order valence-corrected chi connectivity index (χ1v) is 7.88. The van der Waals surface area contributed by atoms with Gasteiger partial charge in [-0.1, -0.05) is 24.3 Å². The van der Waals surface area contributed by atoms with Crippen molar-refractivity contribution >= 4 is 29.9 Å². The number of rotatable bonds is 6. The molecule has 25 heavy (non-hydrogen) atoms. The first-order chi connectivity index (χ1) is 11.5. The number of para-hydroxylation sites is 1. The largest absolute Gasteiger partial charge is 0.340 e. The molecule has 0 saturated carbocycles. The van der Waals surface area contributed by atoms with E-state index in [1.165, 1.54) is 0 Å². The van der Waals surface area contributed by atoms with Gasteiger partial charge in [0.2, 0.25) is 0 Å². The number of anilines is 1. The molecule has 2 aromatic rings. The predicted molar refractivity (Wildman–Crippen MR) is 104 cm³/mol. The smallest absolute Gasteiger partial charge is 0.258 e. The van der Waals surface area contributed by atoms with Crippen molar-refractivity contribution in [3.05, 3.63) is 65.7 Å². The van der Waals surface area contributed by atoms with Gasteiger partial charge in [0.05, 0.1) is 0 Å². The zero-order chi connectivity index (χ0) is 17.5. The first-order valence-electron chi connectivity index (χ1n) is 7.88. The summed E-state index contributed by atoms with van der Waals surface area (Å²) in [5, 5.41) is 3.01. The number of hydrogen-bond donors (Lipinski definition) is 1. The van der Waals surface area contributed by atoms with Gasteiger partial charge in [0.1, 0.15) is 0 Å². The van der Waals surface area contributed by atoms with Gasteiger partial charge >= 0.3 is 0 Å². The van der Waals surface area contributed by atoms with E-state index in [1.807, 2.05) is 37.4 Å². The lowest BCUT2D eigenvalue weighted by molar-refractivity contribution is 0.0797. The van der Waals surface area contributed by atoms with E-state index in [0.29, 0.717) is 17.7 Å². The molecule has 0 aliphatic heterocycles. The van der Waals surface area contributed by atoms with Gasteiger partial charge in [-0.05, 0) is 37.4 Å². The van der Waals surface area contributed by atoms with Gasteiger partial charge in [-0.3, -0.25) is 9.59 Å². The summed E-state index contributed by atoms with van der Waals surface area (Å²) >= 11 is 0. The summed E-state index contributed by atoms with van der Waals surface area (Å²) in [7, 11) is 5.33. The highest BCUT2D eigenvalue weighted by molar-refractivity contribution is 6.07. The number of benzene rings is 2. The van der Waals surface area contributed by atoms with Crippen LogP contribution in [0.25, 0.3) is 0 Å². The Bertz CT molecular complexity index is 707. The Kier molecular flexibility index (Phi) is 8.11. The minimum Gasteiger partial charge on any atom is -0.340 e. The van der Waals surface area contributed by atoms with Crippen molar-refractivity contribution in [2.75, 3.05) is 39.1 Å². The number of amides is 2. The normalized spacial score (nSPS) is 9.88. The molecule has 0 heterocycles. The molecule has 6 heteroatoms. The number of halogens is 1. The van der Waals surface area contributed by atoms with Crippen LogP contribution in [-0.2, 0) is 0 Å². The Balaban J connectivity index is 0.00000312. The second-order valence-electron chi connectivity index (χ2n) is 5.61. The third kappa shape index (κ3) is 5.31. The number of nitrogens with one attached hydrogen (secondary N) is 1. The van der Waals surface area contributed by atoms with E-state index in [0.717, 1.165) is 12.2 Å². The molecule has 0 unspecified atom stereocenters. The van der Waals surface area contributed by atoms with Crippen molar-refractivity contribution in [1.82, 2.24) is 10.2 Å². The van der Waals surface area contributed by atoms with E-state index in [9.17, 15) is 9.59 Å². The molecule has 0 atom stereocenters. The monoisotopic (exact) mass is 361 g/mol. The van der Waals surface area contributed by atoms with E-state index in [1.54, 1.807) is 48.2 Å². The molecule has 5 nitrogen and oxygen atoms in total. The highest BCUT2D eigenvalue weighted by atomic mass is 35.5. The fourth-order valence-electron chi connectivity index (χ4n) is 2.35. The van der Waals surface area contributed by atoms with Crippen LogP contribution in [0.5, 0.6) is 0 Å². The third-order valence-corrected chi connectivity index (χ3v) is 3.85. The van der Waals surface area contributed by atoms with E-state index >= 15 is 0 Å². The fraction of sp³-hybridized carbons (Fsp3) is 0.263. The van der Waals surface area contributed by atoms with Crippen LogP contribution in [0.3, 0.4) is 0 Å². The molecule has 0 bridgehead atoms. The van der Waals surface area contributed by atoms with Gasteiger partial charge in [0.25, 0.3) is 11.8 Å². The molecule has 0 saturated heterocycles. The molecule has 0 radical (unpaired) electrons. The third-order valence-electron chi connectivity index (χ3n) is 3.85. The Morgan fingerprint density at radius 3 is 2.12 bits per heavy atom. The van der Waals surface area contributed by atoms with Gasteiger partial charge < -0.3 is 15.1 Å². The maximum atomic E-state index is 12.7. The van der Waals surface area contributed by atoms with Crippen LogP contribution in [0.15, 0.2) is 54.6 Å². The molecule has 2 aromatic carbocycles. The molecule has 134 valence electrons. The molecular formula is C19H24ClN3O2. The Hall–Kier alpha value is -2.37. The lowest BCUT2D eigenvalue weighted by Gasteiger charge is -2.19. The summed E-state index contributed by atoms with van der Waals surface area (Å²) in [5.74, 6) is -0.240. The van der Waals surface area contributed by atoms with E-state index < -0.39 is 0 Å².